The normalized spacial score (nSPS) is 15.0. The molecular weight excluding hydrogens is 365 g/mol. The Balaban J connectivity index is 3.52. The van der Waals surface area contributed by atoms with Gasteiger partial charge in [-0.2, -0.15) is 0 Å². The highest BCUT2D eigenvalue weighted by Crippen LogP contribution is 2.33. The number of nitrogens with zero attached hydrogens (tertiary/aromatic N) is 2. The molecule has 0 bridgehead atoms. The van der Waals surface area contributed by atoms with E-state index in [1.54, 1.807) is 7.11 Å². The largest absolute Gasteiger partial charge is 0.371 e. The van der Waals surface area contributed by atoms with Crippen LogP contribution in [0.4, 0.5) is 5.82 Å². The fourth-order valence-corrected chi connectivity index (χ4v) is 3.10. The molecule has 1 heterocycles. The third-order valence-electron chi connectivity index (χ3n) is 3.50. The fraction of sp³-hybridized carbons (Fsp3) is 0.733. The van der Waals surface area contributed by atoms with Gasteiger partial charge in [0.25, 0.3) is 0 Å². The zero-order valence-electron chi connectivity index (χ0n) is 13.6. The van der Waals surface area contributed by atoms with Gasteiger partial charge in [-0.05, 0) is 42.9 Å². The topological polar surface area (TPSA) is 47.0 Å². The Morgan fingerprint density at radius 1 is 1.15 bits per heavy atom. The molecule has 20 heavy (non-hydrogen) atoms. The minimum Gasteiger partial charge on any atom is -0.371 e. The van der Waals surface area contributed by atoms with E-state index in [9.17, 15) is 0 Å². The van der Waals surface area contributed by atoms with Gasteiger partial charge in [0.1, 0.15) is 11.4 Å². The molecule has 4 nitrogen and oxygen atoms in total. The molecule has 0 saturated carbocycles. The van der Waals surface area contributed by atoms with Gasteiger partial charge in [0.15, 0.2) is 5.82 Å². The van der Waals surface area contributed by atoms with Crippen LogP contribution < -0.4 is 5.32 Å². The summed E-state index contributed by atoms with van der Waals surface area (Å²) in [6.07, 6.45) is 0.833. The van der Waals surface area contributed by atoms with Crippen LogP contribution >= 0.6 is 22.6 Å². The number of nitrogens with one attached hydrogen (secondary N) is 1. The zero-order chi connectivity index (χ0) is 15.6. The third-order valence-corrected chi connectivity index (χ3v) is 4.53. The molecule has 1 atom stereocenters. The van der Waals surface area contributed by atoms with Crippen molar-refractivity contribution in [3.63, 3.8) is 0 Å². The first-order valence-electron chi connectivity index (χ1n) is 7.07. The Morgan fingerprint density at radius 3 is 2.15 bits per heavy atom. The summed E-state index contributed by atoms with van der Waals surface area (Å²) in [4.78, 5) is 9.51. The van der Waals surface area contributed by atoms with E-state index in [1.165, 1.54) is 0 Å². The van der Waals surface area contributed by atoms with Crippen LogP contribution in [0.2, 0.25) is 0 Å². The first-order valence-corrected chi connectivity index (χ1v) is 8.15. The molecule has 0 aliphatic rings. The van der Waals surface area contributed by atoms with Crippen molar-refractivity contribution in [3.05, 3.63) is 15.1 Å². The number of hydrogen-bond acceptors (Lipinski definition) is 4. The van der Waals surface area contributed by atoms with E-state index in [0.717, 1.165) is 33.9 Å². The summed E-state index contributed by atoms with van der Waals surface area (Å²) < 4.78 is 6.75. The van der Waals surface area contributed by atoms with E-state index in [2.05, 4.69) is 62.5 Å². The molecule has 1 aromatic rings. The van der Waals surface area contributed by atoms with Gasteiger partial charge >= 0.3 is 0 Å². The Hall–Kier alpha value is -0.430. The number of aromatic nitrogens is 2. The van der Waals surface area contributed by atoms with E-state index in [1.807, 2.05) is 6.92 Å². The Morgan fingerprint density at radius 2 is 1.75 bits per heavy atom. The second-order valence-electron chi connectivity index (χ2n) is 6.13. The van der Waals surface area contributed by atoms with Crippen molar-refractivity contribution in [1.29, 1.82) is 0 Å². The molecule has 0 aromatic carbocycles. The highest BCUT2D eigenvalue weighted by atomic mass is 127. The summed E-state index contributed by atoms with van der Waals surface area (Å²) >= 11 is 2.33. The highest BCUT2D eigenvalue weighted by molar-refractivity contribution is 14.1. The van der Waals surface area contributed by atoms with E-state index >= 15 is 0 Å². The van der Waals surface area contributed by atoms with Gasteiger partial charge in [-0.1, -0.05) is 27.7 Å². The van der Waals surface area contributed by atoms with Crippen LogP contribution in [0.5, 0.6) is 0 Å². The quantitative estimate of drug-likeness (QED) is 0.769. The lowest BCUT2D eigenvalue weighted by Crippen LogP contribution is -2.30. The van der Waals surface area contributed by atoms with E-state index in [0.29, 0.717) is 0 Å². The van der Waals surface area contributed by atoms with E-state index in [4.69, 9.17) is 14.7 Å². The third kappa shape index (κ3) is 3.61. The minimum atomic E-state index is -0.450. The molecule has 0 amide bonds. The molecule has 0 aliphatic carbocycles. The molecule has 0 aliphatic heterocycles. The standard InChI is InChI=1S/C15H26IN3O/c1-8-15(6,20-7)13-18-11(14(3,4)5)10(16)12(19-13)17-9-2/h8-9H2,1-7H3,(H,17,18,19). The average molecular weight is 391 g/mol. The van der Waals surface area contributed by atoms with Crippen LogP contribution in [-0.2, 0) is 15.8 Å². The van der Waals surface area contributed by atoms with Crippen molar-refractivity contribution in [2.24, 2.45) is 0 Å². The smallest absolute Gasteiger partial charge is 0.162 e. The van der Waals surface area contributed by atoms with Gasteiger partial charge in [-0.25, -0.2) is 9.97 Å². The minimum absolute atomic E-state index is 0.0270. The summed E-state index contributed by atoms with van der Waals surface area (Å²) in [6, 6.07) is 0. The Kier molecular flexibility index (Phi) is 5.78. The molecule has 1 unspecified atom stereocenters. The summed E-state index contributed by atoms with van der Waals surface area (Å²) in [7, 11) is 1.72. The second kappa shape index (κ2) is 6.56. The van der Waals surface area contributed by atoms with Crippen LogP contribution in [0.15, 0.2) is 0 Å². The number of anilines is 1. The fourth-order valence-electron chi connectivity index (χ4n) is 1.86. The molecule has 0 fully saturated rings. The molecule has 5 heteroatoms. The molecule has 0 spiro atoms. The molecule has 1 rings (SSSR count). The molecule has 1 aromatic heterocycles. The van der Waals surface area contributed by atoms with Crippen LogP contribution in [-0.4, -0.2) is 23.6 Å². The monoisotopic (exact) mass is 391 g/mol. The summed E-state index contributed by atoms with van der Waals surface area (Å²) in [5.41, 5.74) is 0.589. The lowest BCUT2D eigenvalue weighted by atomic mass is 9.91. The SMILES string of the molecule is CCNc1nc(C(C)(CC)OC)nc(C(C)(C)C)c1I. The Labute approximate surface area is 136 Å². The van der Waals surface area contributed by atoms with Crippen LogP contribution in [0.1, 0.15) is 59.5 Å². The van der Waals surface area contributed by atoms with Gasteiger partial charge in [0, 0.05) is 19.1 Å². The lowest BCUT2D eigenvalue weighted by Gasteiger charge is -2.29. The number of halogens is 1. The van der Waals surface area contributed by atoms with Crippen LogP contribution in [0.3, 0.4) is 0 Å². The van der Waals surface area contributed by atoms with Gasteiger partial charge in [-0.3, -0.25) is 0 Å². The maximum atomic E-state index is 5.66. The number of methoxy groups -OCH3 is 1. The van der Waals surface area contributed by atoms with E-state index in [-0.39, 0.29) is 5.41 Å². The average Bonchev–Trinajstić information content (AvgIpc) is 2.39. The van der Waals surface area contributed by atoms with Crippen molar-refractivity contribution in [3.8, 4) is 0 Å². The molecule has 0 radical (unpaired) electrons. The first kappa shape index (κ1) is 17.6. The summed E-state index contributed by atoms with van der Waals surface area (Å²) in [5, 5.41) is 3.33. The van der Waals surface area contributed by atoms with Crippen LogP contribution in [0.25, 0.3) is 0 Å². The Bertz CT molecular complexity index is 465. The van der Waals surface area contributed by atoms with Gasteiger partial charge in [0.2, 0.25) is 0 Å². The predicted molar refractivity (Wildman–Crippen MR) is 92.3 cm³/mol. The molecule has 1 N–H and O–H groups in total. The van der Waals surface area contributed by atoms with Crippen molar-refractivity contribution in [2.75, 3.05) is 19.0 Å². The van der Waals surface area contributed by atoms with Gasteiger partial charge in [-0.15, -0.1) is 0 Å². The summed E-state index contributed by atoms with van der Waals surface area (Å²) in [6.45, 7) is 13.6. The maximum absolute atomic E-state index is 5.66. The lowest BCUT2D eigenvalue weighted by molar-refractivity contribution is -0.00920. The number of hydrogen-bond donors (Lipinski definition) is 1. The van der Waals surface area contributed by atoms with Crippen molar-refractivity contribution in [2.45, 2.75) is 59.0 Å². The van der Waals surface area contributed by atoms with Crippen LogP contribution in [0, 0.1) is 3.57 Å². The zero-order valence-corrected chi connectivity index (χ0v) is 15.8. The van der Waals surface area contributed by atoms with E-state index < -0.39 is 5.60 Å². The second-order valence-corrected chi connectivity index (χ2v) is 7.21. The van der Waals surface area contributed by atoms with Crippen molar-refractivity contribution < 1.29 is 4.74 Å². The maximum Gasteiger partial charge on any atom is 0.162 e. The molecular formula is C15H26IN3O. The number of rotatable bonds is 5. The molecule has 114 valence electrons. The van der Waals surface area contributed by atoms with Crippen molar-refractivity contribution >= 4 is 28.4 Å². The van der Waals surface area contributed by atoms with Gasteiger partial charge < -0.3 is 10.1 Å². The van der Waals surface area contributed by atoms with Crippen molar-refractivity contribution in [1.82, 2.24) is 9.97 Å². The molecule has 0 saturated heterocycles. The number of ether oxygens (including phenoxy) is 1. The summed E-state index contributed by atoms with van der Waals surface area (Å²) in [5.74, 6) is 1.66. The van der Waals surface area contributed by atoms with Gasteiger partial charge in [0.05, 0.1) is 9.26 Å². The highest BCUT2D eigenvalue weighted by Gasteiger charge is 2.31. The predicted octanol–water partition coefficient (Wildman–Crippen LogP) is 4.08. The first-order chi connectivity index (χ1) is 9.19.